The van der Waals surface area contributed by atoms with E-state index in [1.54, 1.807) is 12.1 Å². The van der Waals surface area contributed by atoms with Crippen molar-refractivity contribution in [2.24, 2.45) is 5.73 Å². The number of nitrogens with two attached hydrogens (primary N) is 1. The van der Waals surface area contributed by atoms with Gasteiger partial charge in [-0.2, -0.15) is 0 Å². The topological polar surface area (TPSA) is 92.9 Å². The molecule has 7 heteroatoms. The summed E-state index contributed by atoms with van der Waals surface area (Å²) in [6.07, 6.45) is 0.589. The van der Waals surface area contributed by atoms with Crippen molar-refractivity contribution in [3.63, 3.8) is 0 Å². The van der Waals surface area contributed by atoms with E-state index in [0.29, 0.717) is 30.9 Å². The highest BCUT2D eigenvalue weighted by atomic mass is 19.1. The number of aromatic nitrogens is 2. The molecule has 4 aromatic rings. The Hall–Kier alpha value is -4.10. The number of rotatable bonds is 9. The molecular formula is C27H26FN5O. The number of hydrogen-bond acceptors (Lipinski definition) is 5. The summed E-state index contributed by atoms with van der Waals surface area (Å²) in [5.74, 6) is -0.0617. The number of pyridine rings is 2. The van der Waals surface area contributed by atoms with E-state index in [1.807, 2.05) is 60.7 Å². The lowest BCUT2D eigenvalue weighted by molar-refractivity contribution is 0.0951. The molecule has 0 saturated heterocycles. The number of halogens is 1. The number of benzene rings is 2. The number of hydrogen-bond donors (Lipinski definition) is 3. The Morgan fingerprint density at radius 1 is 0.882 bits per heavy atom. The van der Waals surface area contributed by atoms with Gasteiger partial charge < -0.3 is 16.4 Å². The van der Waals surface area contributed by atoms with Gasteiger partial charge in [0.1, 0.15) is 11.6 Å². The molecule has 0 saturated carbocycles. The fourth-order valence-electron chi connectivity index (χ4n) is 3.57. The molecule has 0 unspecified atom stereocenters. The van der Waals surface area contributed by atoms with Crippen molar-refractivity contribution < 1.29 is 9.18 Å². The van der Waals surface area contributed by atoms with E-state index in [9.17, 15) is 9.18 Å². The first-order chi connectivity index (χ1) is 16.6. The molecule has 0 atom stereocenters. The highest BCUT2D eigenvalue weighted by Crippen LogP contribution is 2.22. The summed E-state index contributed by atoms with van der Waals surface area (Å²) in [7, 11) is 0. The van der Waals surface area contributed by atoms with E-state index in [2.05, 4.69) is 15.6 Å². The van der Waals surface area contributed by atoms with Crippen LogP contribution in [0, 0.1) is 5.82 Å². The predicted octanol–water partition coefficient (Wildman–Crippen LogP) is 4.33. The smallest absolute Gasteiger partial charge is 0.255 e. The lowest BCUT2D eigenvalue weighted by Crippen LogP contribution is -2.25. The lowest BCUT2D eigenvalue weighted by Gasteiger charge is -2.14. The Labute approximate surface area is 198 Å². The molecule has 0 aliphatic carbocycles. The van der Waals surface area contributed by atoms with Crippen LogP contribution in [-0.2, 0) is 19.5 Å². The first-order valence-electron chi connectivity index (χ1n) is 11.1. The fraction of sp³-hybridized carbons (Fsp3) is 0.148. The van der Waals surface area contributed by atoms with Gasteiger partial charge in [-0.05, 0) is 48.4 Å². The van der Waals surface area contributed by atoms with Crippen LogP contribution in [0.1, 0.15) is 27.3 Å². The zero-order chi connectivity index (χ0) is 23.8. The Bertz CT molecular complexity index is 1260. The van der Waals surface area contributed by atoms with Crippen LogP contribution in [0.2, 0.25) is 0 Å². The van der Waals surface area contributed by atoms with E-state index in [4.69, 9.17) is 10.7 Å². The number of nitrogens with one attached hydrogen (secondary N) is 2. The third-order valence-electron chi connectivity index (χ3n) is 5.31. The monoisotopic (exact) mass is 455 g/mol. The van der Waals surface area contributed by atoms with Crippen molar-refractivity contribution in [1.29, 1.82) is 0 Å². The molecule has 2 aromatic carbocycles. The predicted molar refractivity (Wildman–Crippen MR) is 132 cm³/mol. The van der Waals surface area contributed by atoms with Crippen LogP contribution in [-0.4, -0.2) is 22.4 Å². The molecule has 172 valence electrons. The Morgan fingerprint density at radius 2 is 1.68 bits per heavy atom. The standard InChI is InChI=1S/C27H26FN5O/c28-21-9-4-6-19(16-21)14-15-30-26-24(12-13-25(33-26)20-7-2-1-3-8-20)27(34)31-18-23-11-5-10-22(17-29)32-23/h1-13,16H,14-15,17-18,29H2,(H,30,33)(H,31,34). The number of nitrogens with zero attached hydrogens (tertiary/aromatic N) is 2. The second-order valence-corrected chi connectivity index (χ2v) is 7.77. The van der Waals surface area contributed by atoms with Crippen LogP contribution >= 0.6 is 0 Å². The number of carbonyl (C=O) groups is 1. The third-order valence-corrected chi connectivity index (χ3v) is 5.31. The van der Waals surface area contributed by atoms with E-state index in [1.165, 1.54) is 12.1 Å². The zero-order valence-electron chi connectivity index (χ0n) is 18.7. The van der Waals surface area contributed by atoms with E-state index in [-0.39, 0.29) is 18.3 Å². The fourth-order valence-corrected chi connectivity index (χ4v) is 3.57. The largest absolute Gasteiger partial charge is 0.369 e. The van der Waals surface area contributed by atoms with Crippen molar-refractivity contribution in [2.45, 2.75) is 19.5 Å². The molecule has 0 spiro atoms. The van der Waals surface area contributed by atoms with Crippen LogP contribution in [0.4, 0.5) is 10.2 Å². The summed E-state index contributed by atoms with van der Waals surface area (Å²) in [5.41, 5.74) is 10.1. The van der Waals surface area contributed by atoms with Gasteiger partial charge in [-0.25, -0.2) is 9.37 Å². The minimum atomic E-state index is -0.269. The zero-order valence-corrected chi connectivity index (χ0v) is 18.7. The van der Waals surface area contributed by atoms with Gasteiger partial charge in [0, 0.05) is 18.7 Å². The maximum Gasteiger partial charge on any atom is 0.255 e. The molecule has 34 heavy (non-hydrogen) atoms. The van der Waals surface area contributed by atoms with Crippen LogP contribution in [0.3, 0.4) is 0 Å². The second kappa shape index (κ2) is 11.2. The van der Waals surface area contributed by atoms with E-state index in [0.717, 1.165) is 28.2 Å². The summed E-state index contributed by atoms with van der Waals surface area (Å²) in [5, 5.41) is 6.17. The van der Waals surface area contributed by atoms with Crippen LogP contribution in [0.5, 0.6) is 0 Å². The normalized spacial score (nSPS) is 10.6. The molecule has 6 nitrogen and oxygen atoms in total. The van der Waals surface area contributed by atoms with Gasteiger partial charge in [0.15, 0.2) is 0 Å². The maximum absolute atomic E-state index is 13.5. The third kappa shape index (κ3) is 6.02. The van der Waals surface area contributed by atoms with E-state index >= 15 is 0 Å². The summed E-state index contributed by atoms with van der Waals surface area (Å²) in [6.45, 7) is 1.11. The van der Waals surface area contributed by atoms with Crippen molar-refractivity contribution >= 4 is 11.7 Å². The minimum absolute atomic E-state index is 0.264. The Kier molecular flexibility index (Phi) is 7.57. The van der Waals surface area contributed by atoms with Crippen molar-refractivity contribution in [3.05, 3.63) is 113 Å². The summed E-state index contributed by atoms with van der Waals surface area (Å²) in [4.78, 5) is 22.2. The van der Waals surface area contributed by atoms with Gasteiger partial charge in [0.25, 0.3) is 5.91 Å². The summed E-state index contributed by atoms with van der Waals surface area (Å²) < 4.78 is 13.5. The molecule has 0 fully saturated rings. The van der Waals surface area contributed by atoms with Crippen molar-refractivity contribution in [2.75, 3.05) is 11.9 Å². The highest BCUT2D eigenvalue weighted by molar-refractivity contribution is 5.99. The molecule has 0 aliphatic heterocycles. The first-order valence-corrected chi connectivity index (χ1v) is 11.1. The summed E-state index contributed by atoms with van der Waals surface area (Å²) >= 11 is 0. The summed E-state index contributed by atoms with van der Waals surface area (Å²) in [6, 6.07) is 25.4. The number of carbonyl (C=O) groups excluding carboxylic acids is 1. The average Bonchev–Trinajstić information content (AvgIpc) is 2.88. The molecule has 0 bridgehead atoms. The Morgan fingerprint density at radius 3 is 2.47 bits per heavy atom. The van der Waals surface area contributed by atoms with Gasteiger partial charge in [0.2, 0.25) is 0 Å². The van der Waals surface area contributed by atoms with Crippen LogP contribution in [0.25, 0.3) is 11.3 Å². The van der Waals surface area contributed by atoms with Crippen molar-refractivity contribution in [1.82, 2.24) is 15.3 Å². The molecule has 4 rings (SSSR count). The van der Waals surface area contributed by atoms with Crippen LogP contribution < -0.4 is 16.4 Å². The molecular weight excluding hydrogens is 429 g/mol. The average molecular weight is 456 g/mol. The molecule has 2 heterocycles. The highest BCUT2D eigenvalue weighted by Gasteiger charge is 2.15. The number of anilines is 1. The van der Waals surface area contributed by atoms with E-state index < -0.39 is 0 Å². The quantitative estimate of drug-likeness (QED) is 0.349. The Balaban J connectivity index is 1.52. The van der Waals surface area contributed by atoms with Gasteiger partial charge in [0.05, 0.1) is 29.2 Å². The molecule has 0 radical (unpaired) electrons. The maximum atomic E-state index is 13.5. The number of amides is 1. The lowest BCUT2D eigenvalue weighted by atomic mass is 10.1. The van der Waals surface area contributed by atoms with Crippen LogP contribution in [0.15, 0.2) is 84.9 Å². The minimum Gasteiger partial charge on any atom is -0.369 e. The molecule has 0 aliphatic rings. The van der Waals surface area contributed by atoms with Gasteiger partial charge in [-0.3, -0.25) is 9.78 Å². The van der Waals surface area contributed by atoms with Gasteiger partial charge in [-0.15, -0.1) is 0 Å². The van der Waals surface area contributed by atoms with Gasteiger partial charge in [-0.1, -0.05) is 48.5 Å². The van der Waals surface area contributed by atoms with Gasteiger partial charge >= 0.3 is 0 Å². The second-order valence-electron chi connectivity index (χ2n) is 7.77. The molecule has 2 aromatic heterocycles. The van der Waals surface area contributed by atoms with Crippen molar-refractivity contribution in [3.8, 4) is 11.3 Å². The first kappa shape index (κ1) is 23.1. The molecule has 4 N–H and O–H groups in total. The SMILES string of the molecule is NCc1cccc(CNC(=O)c2ccc(-c3ccccc3)nc2NCCc2cccc(F)c2)n1. The molecule has 1 amide bonds.